The third-order valence-electron chi connectivity index (χ3n) is 2.84. The molecule has 0 aliphatic rings. The van der Waals surface area contributed by atoms with Gasteiger partial charge in [-0.2, -0.15) is 5.10 Å². The fourth-order valence-electron chi connectivity index (χ4n) is 1.88. The monoisotopic (exact) mass is 258 g/mol. The minimum absolute atomic E-state index is 0.812. The van der Waals surface area contributed by atoms with E-state index in [1.807, 2.05) is 18.7 Å². The smallest absolute Gasteiger partial charge is 0.0860 e. The maximum atomic E-state index is 6.28. The van der Waals surface area contributed by atoms with E-state index in [1.165, 1.54) is 0 Å². The predicted molar refractivity (Wildman–Crippen MR) is 72.5 cm³/mol. The van der Waals surface area contributed by atoms with Crippen LogP contribution in [-0.4, -0.2) is 41.9 Å². The Labute approximate surface area is 109 Å². The number of nitrogens with zero attached hydrogens (tertiary/aromatic N) is 3. The topological polar surface area (TPSA) is 33.1 Å². The van der Waals surface area contributed by atoms with Crippen molar-refractivity contribution in [2.75, 3.05) is 27.2 Å². The molecule has 17 heavy (non-hydrogen) atoms. The van der Waals surface area contributed by atoms with Gasteiger partial charge in [0, 0.05) is 13.1 Å². The summed E-state index contributed by atoms with van der Waals surface area (Å²) in [5, 5.41) is 8.39. The maximum Gasteiger partial charge on any atom is 0.0860 e. The Balaban J connectivity index is 2.60. The molecule has 1 N–H and O–H groups in total. The molecule has 1 heterocycles. The number of rotatable bonds is 7. The number of nitrogens with one attached hydrogen (secondary N) is 1. The lowest BCUT2D eigenvalue weighted by Gasteiger charge is -2.17. The van der Waals surface area contributed by atoms with Crippen LogP contribution in [0.15, 0.2) is 0 Å². The van der Waals surface area contributed by atoms with Crippen LogP contribution in [0.2, 0.25) is 5.02 Å². The highest BCUT2D eigenvalue weighted by Gasteiger charge is 2.13. The van der Waals surface area contributed by atoms with Crippen LogP contribution in [0.3, 0.4) is 0 Å². The zero-order chi connectivity index (χ0) is 12.8. The van der Waals surface area contributed by atoms with Crippen LogP contribution in [0.5, 0.6) is 0 Å². The molecule has 0 unspecified atom stereocenters. The summed E-state index contributed by atoms with van der Waals surface area (Å²) in [5.74, 6) is 0. The molecule has 98 valence electrons. The van der Waals surface area contributed by atoms with Gasteiger partial charge in [0.05, 0.1) is 16.4 Å². The van der Waals surface area contributed by atoms with Crippen LogP contribution >= 0.6 is 11.6 Å². The van der Waals surface area contributed by atoms with Crippen LogP contribution in [0, 0.1) is 6.92 Å². The first kappa shape index (κ1) is 14.5. The third kappa shape index (κ3) is 3.98. The third-order valence-corrected chi connectivity index (χ3v) is 3.33. The van der Waals surface area contributed by atoms with Crippen LogP contribution < -0.4 is 5.32 Å². The SMILES string of the molecule is CCn1nc(C)c(Cl)c1CN(C)CCCNC. The Bertz CT molecular complexity index is 349. The molecule has 4 nitrogen and oxygen atoms in total. The quantitative estimate of drug-likeness (QED) is 0.759. The van der Waals surface area contributed by atoms with Crippen molar-refractivity contribution in [3.8, 4) is 0 Å². The minimum Gasteiger partial charge on any atom is -0.320 e. The summed E-state index contributed by atoms with van der Waals surface area (Å²) in [6, 6.07) is 0. The van der Waals surface area contributed by atoms with E-state index in [1.54, 1.807) is 0 Å². The minimum atomic E-state index is 0.812. The van der Waals surface area contributed by atoms with Crippen molar-refractivity contribution in [3.63, 3.8) is 0 Å². The molecule has 0 aromatic carbocycles. The van der Waals surface area contributed by atoms with Crippen LogP contribution in [0.1, 0.15) is 24.7 Å². The number of aromatic nitrogens is 2. The Hall–Kier alpha value is -0.580. The van der Waals surface area contributed by atoms with Gasteiger partial charge in [0.2, 0.25) is 0 Å². The molecule has 1 aromatic rings. The van der Waals surface area contributed by atoms with Gasteiger partial charge in [0.25, 0.3) is 0 Å². The van der Waals surface area contributed by atoms with Gasteiger partial charge in [-0.05, 0) is 47.5 Å². The summed E-state index contributed by atoms with van der Waals surface area (Å²) in [6.07, 6.45) is 1.14. The Morgan fingerprint density at radius 3 is 2.76 bits per heavy atom. The van der Waals surface area contributed by atoms with Gasteiger partial charge in [-0.1, -0.05) is 11.6 Å². The van der Waals surface area contributed by atoms with Crippen LogP contribution in [0.4, 0.5) is 0 Å². The summed E-state index contributed by atoms with van der Waals surface area (Å²) in [5.41, 5.74) is 2.05. The average Bonchev–Trinajstić information content (AvgIpc) is 2.57. The molecule has 0 spiro atoms. The lowest BCUT2D eigenvalue weighted by Crippen LogP contribution is -2.24. The molecular formula is C12H23ClN4. The van der Waals surface area contributed by atoms with E-state index in [9.17, 15) is 0 Å². The fraction of sp³-hybridized carbons (Fsp3) is 0.750. The van der Waals surface area contributed by atoms with E-state index in [2.05, 4.69) is 29.3 Å². The summed E-state index contributed by atoms with van der Waals surface area (Å²) < 4.78 is 1.99. The molecule has 1 rings (SSSR count). The maximum absolute atomic E-state index is 6.28. The fourth-order valence-corrected chi connectivity index (χ4v) is 2.08. The molecule has 0 atom stereocenters. The van der Waals surface area contributed by atoms with Crippen molar-refractivity contribution in [3.05, 3.63) is 16.4 Å². The van der Waals surface area contributed by atoms with Crippen LogP contribution in [0.25, 0.3) is 0 Å². The van der Waals surface area contributed by atoms with Crippen molar-refractivity contribution in [1.82, 2.24) is 20.0 Å². The van der Waals surface area contributed by atoms with E-state index >= 15 is 0 Å². The lowest BCUT2D eigenvalue weighted by atomic mass is 10.3. The van der Waals surface area contributed by atoms with Gasteiger partial charge in [-0.25, -0.2) is 0 Å². The summed E-state index contributed by atoms with van der Waals surface area (Å²) >= 11 is 6.28. The number of hydrogen-bond donors (Lipinski definition) is 1. The highest BCUT2D eigenvalue weighted by Crippen LogP contribution is 2.21. The van der Waals surface area contributed by atoms with Gasteiger partial charge in [-0.3, -0.25) is 4.68 Å². The molecule has 0 radical (unpaired) electrons. The molecule has 0 amide bonds. The first-order valence-corrected chi connectivity index (χ1v) is 6.52. The zero-order valence-electron chi connectivity index (χ0n) is 11.3. The Morgan fingerprint density at radius 1 is 1.47 bits per heavy atom. The summed E-state index contributed by atoms with van der Waals surface area (Å²) in [4.78, 5) is 2.28. The van der Waals surface area contributed by atoms with Gasteiger partial charge >= 0.3 is 0 Å². The van der Waals surface area contributed by atoms with Gasteiger partial charge in [0.15, 0.2) is 0 Å². The Morgan fingerprint density at radius 2 is 2.18 bits per heavy atom. The predicted octanol–water partition coefficient (Wildman–Crippen LogP) is 1.91. The average molecular weight is 259 g/mol. The molecule has 0 aliphatic heterocycles. The van der Waals surface area contributed by atoms with Gasteiger partial charge in [0.1, 0.15) is 0 Å². The van der Waals surface area contributed by atoms with Crippen molar-refractivity contribution >= 4 is 11.6 Å². The van der Waals surface area contributed by atoms with Crippen molar-refractivity contribution in [2.45, 2.75) is 33.4 Å². The largest absolute Gasteiger partial charge is 0.320 e. The molecular weight excluding hydrogens is 236 g/mol. The summed E-state index contributed by atoms with van der Waals surface area (Å²) in [7, 11) is 4.10. The lowest BCUT2D eigenvalue weighted by molar-refractivity contribution is 0.310. The van der Waals surface area contributed by atoms with Crippen molar-refractivity contribution in [1.29, 1.82) is 0 Å². The molecule has 5 heteroatoms. The van der Waals surface area contributed by atoms with Crippen molar-refractivity contribution < 1.29 is 0 Å². The van der Waals surface area contributed by atoms with E-state index in [0.29, 0.717) is 0 Å². The van der Waals surface area contributed by atoms with Crippen LogP contribution in [-0.2, 0) is 13.1 Å². The number of aryl methyl sites for hydroxylation is 2. The molecule has 0 fully saturated rings. The second-order valence-corrected chi connectivity index (χ2v) is 4.73. The summed E-state index contributed by atoms with van der Waals surface area (Å²) in [6.45, 7) is 7.88. The van der Waals surface area contributed by atoms with E-state index in [4.69, 9.17) is 11.6 Å². The first-order chi connectivity index (χ1) is 8.10. The number of hydrogen-bond acceptors (Lipinski definition) is 3. The standard InChI is InChI=1S/C12H23ClN4/c1-5-17-11(12(13)10(2)15-17)9-16(4)8-6-7-14-3/h14H,5-9H2,1-4H3. The van der Waals surface area contributed by atoms with Gasteiger partial charge < -0.3 is 10.2 Å². The van der Waals surface area contributed by atoms with E-state index < -0.39 is 0 Å². The zero-order valence-corrected chi connectivity index (χ0v) is 12.0. The number of halogens is 1. The molecule has 0 saturated heterocycles. The van der Waals surface area contributed by atoms with Gasteiger partial charge in [-0.15, -0.1) is 0 Å². The Kier molecular flexibility index (Phi) is 5.95. The molecule has 0 saturated carbocycles. The van der Waals surface area contributed by atoms with E-state index in [-0.39, 0.29) is 0 Å². The highest BCUT2D eigenvalue weighted by molar-refractivity contribution is 6.31. The molecule has 0 bridgehead atoms. The van der Waals surface area contributed by atoms with Crippen molar-refractivity contribution in [2.24, 2.45) is 0 Å². The second kappa shape index (κ2) is 6.99. The molecule has 0 aliphatic carbocycles. The highest BCUT2D eigenvalue weighted by atomic mass is 35.5. The molecule has 1 aromatic heterocycles. The van der Waals surface area contributed by atoms with E-state index in [0.717, 1.165) is 49.0 Å². The second-order valence-electron chi connectivity index (χ2n) is 4.36. The normalized spacial score (nSPS) is 11.4. The first-order valence-electron chi connectivity index (χ1n) is 6.15.